The Morgan fingerprint density at radius 1 is 1.50 bits per heavy atom. The summed E-state index contributed by atoms with van der Waals surface area (Å²) in [5.41, 5.74) is 0. The average Bonchev–Trinajstić information content (AvgIpc) is 2.62. The molecule has 0 aliphatic heterocycles. The number of amides is 1. The molecule has 2 atom stereocenters. The van der Waals surface area contributed by atoms with Gasteiger partial charge in [0.05, 0.1) is 5.75 Å². The molecule has 2 N–H and O–H groups in total. The average molecular weight is 217 g/mol. The molecule has 1 amide bonds. The van der Waals surface area contributed by atoms with E-state index in [1.165, 1.54) is 18.2 Å². The second kappa shape index (κ2) is 6.30. The van der Waals surface area contributed by atoms with Crippen molar-refractivity contribution < 1.29 is 9.90 Å². The van der Waals surface area contributed by atoms with Gasteiger partial charge in [0.2, 0.25) is 5.91 Å². The van der Waals surface area contributed by atoms with Crippen molar-refractivity contribution in [3.8, 4) is 0 Å². The second-order valence-electron chi connectivity index (χ2n) is 3.87. The molecule has 2 unspecified atom stereocenters. The fourth-order valence-corrected chi connectivity index (χ4v) is 2.41. The molecule has 1 saturated carbocycles. The molecule has 82 valence electrons. The number of carbonyl (C=O) groups excluding carboxylic acids is 1. The van der Waals surface area contributed by atoms with E-state index in [0.29, 0.717) is 17.6 Å². The zero-order valence-corrected chi connectivity index (χ0v) is 9.48. The van der Waals surface area contributed by atoms with Gasteiger partial charge in [0.1, 0.15) is 0 Å². The van der Waals surface area contributed by atoms with Gasteiger partial charge in [0.25, 0.3) is 0 Å². The number of hydrogen-bond acceptors (Lipinski definition) is 3. The van der Waals surface area contributed by atoms with Crippen LogP contribution in [-0.4, -0.2) is 36.2 Å². The first-order valence-corrected chi connectivity index (χ1v) is 6.53. The van der Waals surface area contributed by atoms with E-state index < -0.39 is 0 Å². The fourth-order valence-electron chi connectivity index (χ4n) is 2.05. The molecule has 1 rings (SSSR count). The Hall–Kier alpha value is -0.220. The fraction of sp³-hybridized carbons (Fsp3) is 0.900. The van der Waals surface area contributed by atoms with Crippen LogP contribution >= 0.6 is 11.8 Å². The summed E-state index contributed by atoms with van der Waals surface area (Å²) in [5, 5.41) is 12.0. The lowest BCUT2D eigenvalue weighted by Gasteiger charge is -2.17. The third kappa shape index (κ3) is 3.50. The summed E-state index contributed by atoms with van der Waals surface area (Å²) in [4.78, 5) is 11.2. The molecular formula is C10H19NO2S. The number of thioether (sulfide) groups is 1. The molecule has 0 spiro atoms. The Morgan fingerprint density at radius 3 is 2.86 bits per heavy atom. The number of rotatable bonds is 5. The highest BCUT2D eigenvalue weighted by atomic mass is 32.2. The summed E-state index contributed by atoms with van der Waals surface area (Å²) in [6, 6.07) is 0. The molecule has 4 heteroatoms. The number of nitrogens with one attached hydrogen (secondary N) is 1. The van der Waals surface area contributed by atoms with Crippen molar-refractivity contribution >= 4 is 17.7 Å². The van der Waals surface area contributed by atoms with E-state index in [-0.39, 0.29) is 12.5 Å². The lowest BCUT2D eigenvalue weighted by atomic mass is 9.97. The SMILES string of the molecule is CSCC(=O)NCC1CCCC1CO. The minimum atomic E-state index is 0.112. The molecule has 1 fully saturated rings. The molecule has 1 aliphatic carbocycles. The van der Waals surface area contributed by atoms with E-state index in [1.807, 2.05) is 6.26 Å². The first-order valence-electron chi connectivity index (χ1n) is 5.14. The van der Waals surface area contributed by atoms with Crippen LogP contribution in [0.15, 0.2) is 0 Å². The van der Waals surface area contributed by atoms with E-state index in [0.717, 1.165) is 19.4 Å². The van der Waals surface area contributed by atoms with Crippen LogP contribution in [0.1, 0.15) is 19.3 Å². The van der Waals surface area contributed by atoms with Crippen molar-refractivity contribution in [2.45, 2.75) is 19.3 Å². The molecule has 0 saturated heterocycles. The van der Waals surface area contributed by atoms with Gasteiger partial charge in [-0.15, -0.1) is 0 Å². The van der Waals surface area contributed by atoms with Crippen molar-refractivity contribution in [3.63, 3.8) is 0 Å². The number of carbonyl (C=O) groups is 1. The third-order valence-corrected chi connectivity index (χ3v) is 3.44. The zero-order valence-electron chi connectivity index (χ0n) is 8.66. The maximum absolute atomic E-state index is 11.2. The van der Waals surface area contributed by atoms with Gasteiger partial charge in [-0.1, -0.05) is 6.42 Å². The molecule has 1 aliphatic rings. The summed E-state index contributed by atoms with van der Waals surface area (Å²) in [6.45, 7) is 1.01. The van der Waals surface area contributed by atoms with Gasteiger partial charge in [0.15, 0.2) is 0 Å². The van der Waals surface area contributed by atoms with Crippen molar-refractivity contribution in [2.24, 2.45) is 11.8 Å². The van der Waals surface area contributed by atoms with Gasteiger partial charge in [-0.3, -0.25) is 4.79 Å². The minimum absolute atomic E-state index is 0.112. The lowest BCUT2D eigenvalue weighted by Crippen LogP contribution is -2.32. The summed E-state index contributed by atoms with van der Waals surface area (Å²) in [5.74, 6) is 1.55. The van der Waals surface area contributed by atoms with Gasteiger partial charge < -0.3 is 10.4 Å². The highest BCUT2D eigenvalue weighted by Gasteiger charge is 2.26. The summed E-state index contributed by atoms with van der Waals surface area (Å²) < 4.78 is 0. The van der Waals surface area contributed by atoms with E-state index in [9.17, 15) is 4.79 Å². The van der Waals surface area contributed by atoms with E-state index in [2.05, 4.69) is 5.32 Å². The molecule has 0 aromatic heterocycles. The largest absolute Gasteiger partial charge is 0.396 e. The van der Waals surface area contributed by atoms with Crippen LogP contribution in [0.4, 0.5) is 0 Å². The molecular weight excluding hydrogens is 198 g/mol. The zero-order chi connectivity index (χ0) is 10.4. The summed E-state index contributed by atoms with van der Waals surface area (Å²) >= 11 is 1.54. The monoisotopic (exact) mass is 217 g/mol. The molecule has 3 nitrogen and oxygen atoms in total. The standard InChI is InChI=1S/C10H19NO2S/c1-14-7-10(13)11-5-8-3-2-4-9(8)6-12/h8-9,12H,2-7H2,1H3,(H,11,13). The van der Waals surface area contributed by atoms with Gasteiger partial charge in [-0.05, 0) is 30.9 Å². The smallest absolute Gasteiger partial charge is 0.229 e. The molecule has 0 heterocycles. The Balaban J connectivity index is 2.20. The van der Waals surface area contributed by atoms with Crippen LogP contribution in [-0.2, 0) is 4.79 Å². The third-order valence-electron chi connectivity index (χ3n) is 2.89. The molecule has 14 heavy (non-hydrogen) atoms. The highest BCUT2D eigenvalue weighted by Crippen LogP contribution is 2.30. The predicted octanol–water partition coefficient (Wildman–Crippen LogP) is 0.874. The number of aliphatic hydroxyl groups excluding tert-OH is 1. The number of hydrogen-bond donors (Lipinski definition) is 2. The normalized spacial score (nSPS) is 26.4. The van der Waals surface area contributed by atoms with Crippen molar-refractivity contribution in [1.29, 1.82) is 0 Å². The lowest BCUT2D eigenvalue weighted by molar-refractivity contribution is -0.118. The quantitative estimate of drug-likeness (QED) is 0.718. The second-order valence-corrected chi connectivity index (χ2v) is 4.74. The van der Waals surface area contributed by atoms with Gasteiger partial charge in [0, 0.05) is 13.2 Å². The van der Waals surface area contributed by atoms with Crippen LogP contribution < -0.4 is 5.32 Å². The Morgan fingerprint density at radius 2 is 2.21 bits per heavy atom. The number of aliphatic hydroxyl groups is 1. The van der Waals surface area contributed by atoms with E-state index >= 15 is 0 Å². The Labute approximate surface area is 89.6 Å². The van der Waals surface area contributed by atoms with E-state index in [4.69, 9.17) is 5.11 Å². The maximum Gasteiger partial charge on any atom is 0.229 e. The highest BCUT2D eigenvalue weighted by molar-refractivity contribution is 7.99. The van der Waals surface area contributed by atoms with E-state index in [1.54, 1.807) is 0 Å². The Bertz CT molecular complexity index is 187. The van der Waals surface area contributed by atoms with Crippen LogP contribution in [0.5, 0.6) is 0 Å². The van der Waals surface area contributed by atoms with Crippen LogP contribution in [0, 0.1) is 11.8 Å². The first kappa shape index (κ1) is 11.9. The maximum atomic E-state index is 11.2. The van der Waals surface area contributed by atoms with Crippen LogP contribution in [0.25, 0.3) is 0 Å². The molecule has 0 bridgehead atoms. The summed E-state index contributed by atoms with van der Waals surface area (Å²) in [7, 11) is 0. The van der Waals surface area contributed by atoms with Gasteiger partial charge >= 0.3 is 0 Å². The van der Waals surface area contributed by atoms with Crippen molar-refractivity contribution in [2.75, 3.05) is 25.2 Å². The predicted molar refractivity (Wildman–Crippen MR) is 59.3 cm³/mol. The van der Waals surface area contributed by atoms with Crippen molar-refractivity contribution in [1.82, 2.24) is 5.32 Å². The van der Waals surface area contributed by atoms with Crippen molar-refractivity contribution in [3.05, 3.63) is 0 Å². The molecule has 0 aromatic rings. The molecule has 0 radical (unpaired) electrons. The molecule has 0 aromatic carbocycles. The van der Waals surface area contributed by atoms with Crippen LogP contribution in [0.3, 0.4) is 0 Å². The van der Waals surface area contributed by atoms with Gasteiger partial charge in [-0.25, -0.2) is 0 Å². The topological polar surface area (TPSA) is 49.3 Å². The Kier molecular flexibility index (Phi) is 5.33. The summed E-state index contributed by atoms with van der Waals surface area (Å²) in [6.07, 6.45) is 5.37. The van der Waals surface area contributed by atoms with Crippen LogP contribution in [0.2, 0.25) is 0 Å². The first-order chi connectivity index (χ1) is 6.77. The van der Waals surface area contributed by atoms with Gasteiger partial charge in [-0.2, -0.15) is 11.8 Å². The minimum Gasteiger partial charge on any atom is -0.396 e.